The Morgan fingerprint density at radius 2 is 1.94 bits per heavy atom. The van der Waals surface area contributed by atoms with Crippen LogP contribution in [0.4, 0.5) is 10.5 Å². The number of benzene rings is 1. The molecule has 1 aromatic carbocycles. The molecular formula is C25H36N4O3. The molecule has 1 unspecified atom stereocenters. The number of nitrogens with one attached hydrogen (secondary N) is 1. The minimum Gasteiger partial charge on any atom is -0.497 e. The van der Waals surface area contributed by atoms with Crippen LogP contribution in [0.3, 0.4) is 0 Å². The summed E-state index contributed by atoms with van der Waals surface area (Å²) in [5.41, 5.74) is 5.12. The third-order valence-corrected chi connectivity index (χ3v) is 7.16. The van der Waals surface area contributed by atoms with Gasteiger partial charge in [0, 0.05) is 19.7 Å². The molecule has 2 heterocycles. The van der Waals surface area contributed by atoms with Crippen molar-refractivity contribution in [3.8, 4) is 5.75 Å². The van der Waals surface area contributed by atoms with E-state index in [1.54, 1.807) is 14.2 Å². The van der Waals surface area contributed by atoms with Gasteiger partial charge in [0.2, 0.25) is 0 Å². The predicted molar refractivity (Wildman–Crippen MR) is 125 cm³/mol. The topological polar surface area (TPSA) is 68.6 Å². The Morgan fingerprint density at radius 1 is 1.16 bits per heavy atom. The summed E-state index contributed by atoms with van der Waals surface area (Å²) in [5.74, 6) is 1.39. The molecule has 1 aliphatic heterocycles. The van der Waals surface area contributed by atoms with E-state index < -0.39 is 0 Å². The highest BCUT2D eigenvalue weighted by Gasteiger charge is 2.36. The zero-order valence-electron chi connectivity index (χ0n) is 19.8. The second-order valence-electron chi connectivity index (χ2n) is 9.12. The average Bonchev–Trinajstić information content (AvgIpc) is 3.09. The van der Waals surface area contributed by atoms with Gasteiger partial charge in [0.05, 0.1) is 37.3 Å². The van der Waals surface area contributed by atoms with Crippen molar-refractivity contribution in [1.29, 1.82) is 0 Å². The third kappa shape index (κ3) is 4.63. The number of carbonyl (C=O) groups is 1. The van der Waals surface area contributed by atoms with Gasteiger partial charge in [-0.25, -0.2) is 4.79 Å². The second kappa shape index (κ2) is 9.94. The minimum absolute atomic E-state index is 0.0356. The monoisotopic (exact) mass is 440 g/mol. The first kappa shape index (κ1) is 22.6. The number of hydrogen-bond donors (Lipinski definition) is 1. The van der Waals surface area contributed by atoms with Crippen molar-refractivity contribution in [2.75, 3.05) is 26.1 Å². The van der Waals surface area contributed by atoms with Crippen molar-refractivity contribution < 1.29 is 14.3 Å². The van der Waals surface area contributed by atoms with Gasteiger partial charge in [0.25, 0.3) is 0 Å². The first-order valence-electron chi connectivity index (χ1n) is 11.8. The fraction of sp³-hybridized carbons (Fsp3) is 0.600. The number of fused-ring (bicyclic) bond motifs is 1. The van der Waals surface area contributed by atoms with Crippen LogP contribution < -0.4 is 10.1 Å². The Bertz CT molecular complexity index is 949. The van der Waals surface area contributed by atoms with Crippen LogP contribution in [-0.4, -0.2) is 47.6 Å². The summed E-state index contributed by atoms with van der Waals surface area (Å²) < 4.78 is 12.5. The fourth-order valence-corrected chi connectivity index (χ4v) is 5.33. The Balaban J connectivity index is 1.59. The molecular weight excluding hydrogens is 404 g/mol. The number of ether oxygens (including phenoxy) is 2. The van der Waals surface area contributed by atoms with E-state index in [2.05, 4.69) is 27.4 Å². The van der Waals surface area contributed by atoms with Crippen LogP contribution in [0.2, 0.25) is 0 Å². The lowest BCUT2D eigenvalue weighted by molar-refractivity contribution is 0.125. The molecule has 7 heteroatoms. The van der Waals surface area contributed by atoms with Gasteiger partial charge in [-0.15, -0.1) is 0 Å². The first-order valence-corrected chi connectivity index (χ1v) is 11.8. The number of nitrogens with zero attached hydrogens (tertiary/aromatic N) is 3. The summed E-state index contributed by atoms with van der Waals surface area (Å²) in [6.07, 6.45) is 7.14. The molecule has 2 aliphatic rings. The molecule has 32 heavy (non-hydrogen) atoms. The molecule has 2 aromatic rings. The highest BCUT2D eigenvalue weighted by Crippen LogP contribution is 2.36. The van der Waals surface area contributed by atoms with Crippen molar-refractivity contribution in [3.63, 3.8) is 0 Å². The third-order valence-electron chi connectivity index (χ3n) is 7.16. The molecule has 0 bridgehead atoms. The summed E-state index contributed by atoms with van der Waals surface area (Å²) in [6, 6.07) is 6.47. The van der Waals surface area contributed by atoms with Crippen LogP contribution >= 0.6 is 0 Å². The highest BCUT2D eigenvalue weighted by atomic mass is 16.5. The van der Waals surface area contributed by atoms with Crippen molar-refractivity contribution in [1.82, 2.24) is 14.7 Å². The fourth-order valence-electron chi connectivity index (χ4n) is 5.33. The molecule has 1 atom stereocenters. The maximum absolute atomic E-state index is 13.6. The minimum atomic E-state index is -0.0356. The predicted octanol–water partition coefficient (Wildman–Crippen LogP) is 4.69. The van der Waals surface area contributed by atoms with E-state index in [1.165, 1.54) is 43.2 Å². The number of urea groups is 1. The summed E-state index contributed by atoms with van der Waals surface area (Å²) in [5, 5.41) is 7.81. The quantitative estimate of drug-likeness (QED) is 0.707. The molecule has 1 saturated carbocycles. The number of amides is 2. The van der Waals surface area contributed by atoms with Crippen LogP contribution in [0.15, 0.2) is 18.2 Å². The zero-order chi connectivity index (χ0) is 22.7. The number of aryl methyl sites for hydroxylation is 1. The smallest absolute Gasteiger partial charge is 0.322 e. The van der Waals surface area contributed by atoms with Gasteiger partial charge in [0.15, 0.2) is 0 Å². The maximum Gasteiger partial charge on any atom is 0.322 e. The molecule has 0 saturated heterocycles. The number of hydrogen-bond acceptors (Lipinski definition) is 4. The number of rotatable bonds is 6. The molecule has 0 spiro atoms. The van der Waals surface area contributed by atoms with Gasteiger partial charge in [-0.2, -0.15) is 5.10 Å². The second-order valence-corrected chi connectivity index (χ2v) is 9.12. The maximum atomic E-state index is 13.6. The normalized spacial score (nSPS) is 19.0. The average molecular weight is 441 g/mol. The van der Waals surface area contributed by atoms with Crippen molar-refractivity contribution in [3.05, 3.63) is 40.7 Å². The Morgan fingerprint density at radius 3 is 2.66 bits per heavy atom. The van der Waals surface area contributed by atoms with Crippen LogP contribution in [0, 0.1) is 19.8 Å². The van der Waals surface area contributed by atoms with E-state index in [0.29, 0.717) is 25.6 Å². The molecule has 1 N–H and O–H groups in total. The van der Waals surface area contributed by atoms with Crippen molar-refractivity contribution >= 4 is 11.7 Å². The van der Waals surface area contributed by atoms with E-state index in [9.17, 15) is 4.79 Å². The molecule has 1 aliphatic carbocycles. The lowest BCUT2D eigenvalue weighted by atomic mass is 9.78. The number of carbonyl (C=O) groups excluding carboxylic acids is 1. The summed E-state index contributed by atoms with van der Waals surface area (Å²) >= 11 is 0. The number of aromatic nitrogens is 2. The SMILES string of the molecule is COCCn1nc(C)c(NC(=O)N2Cc3cc(OC)ccc3CC2C2CCCCC2)c1C. The highest BCUT2D eigenvalue weighted by molar-refractivity contribution is 5.91. The largest absolute Gasteiger partial charge is 0.497 e. The number of anilines is 1. The first-order chi connectivity index (χ1) is 15.5. The molecule has 2 amide bonds. The lowest BCUT2D eigenvalue weighted by Crippen LogP contribution is -2.50. The van der Waals surface area contributed by atoms with Gasteiger partial charge in [-0.3, -0.25) is 4.68 Å². The molecule has 7 nitrogen and oxygen atoms in total. The Hall–Kier alpha value is -2.54. The molecule has 174 valence electrons. The Labute approximate surface area is 191 Å². The standard InChI is InChI=1S/C25H36N4O3/c1-17-24(18(2)29(27-17)12-13-31-3)26-25(30)28-16-21-14-22(32-4)11-10-20(21)15-23(28)19-8-6-5-7-9-19/h10-11,14,19,23H,5-9,12-13,15-16H2,1-4H3,(H,26,30). The molecule has 1 fully saturated rings. The van der Waals surface area contributed by atoms with Crippen molar-refractivity contribution in [2.24, 2.45) is 5.92 Å². The van der Waals surface area contributed by atoms with Gasteiger partial charge >= 0.3 is 6.03 Å². The van der Waals surface area contributed by atoms with E-state index in [4.69, 9.17) is 9.47 Å². The molecule has 1 aromatic heterocycles. The zero-order valence-corrected chi connectivity index (χ0v) is 19.8. The van der Waals surface area contributed by atoms with E-state index in [0.717, 1.165) is 29.2 Å². The van der Waals surface area contributed by atoms with Crippen molar-refractivity contribution in [2.45, 2.75) is 71.5 Å². The lowest BCUT2D eigenvalue weighted by Gasteiger charge is -2.42. The van der Waals surface area contributed by atoms with Crippen LogP contribution in [0.1, 0.15) is 54.6 Å². The Kier molecular flexibility index (Phi) is 7.04. The van der Waals surface area contributed by atoms with Crippen LogP contribution in [-0.2, 0) is 24.2 Å². The van der Waals surface area contributed by atoms with Gasteiger partial charge in [-0.1, -0.05) is 25.3 Å². The molecule has 0 radical (unpaired) electrons. The summed E-state index contributed by atoms with van der Waals surface area (Å²) in [7, 11) is 3.37. The molecule has 4 rings (SSSR count). The summed E-state index contributed by atoms with van der Waals surface area (Å²) in [6.45, 7) is 5.81. The van der Waals surface area contributed by atoms with Crippen LogP contribution in [0.25, 0.3) is 0 Å². The van der Waals surface area contributed by atoms with Gasteiger partial charge < -0.3 is 19.7 Å². The van der Waals surface area contributed by atoms with E-state index >= 15 is 0 Å². The van der Waals surface area contributed by atoms with E-state index in [-0.39, 0.29) is 12.1 Å². The summed E-state index contributed by atoms with van der Waals surface area (Å²) in [4.78, 5) is 15.7. The number of methoxy groups -OCH3 is 2. The van der Waals surface area contributed by atoms with Gasteiger partial charge in [-0.05, 0) is 62.3 Å². The van der Waals surface area contributed by atoms with Gasteiger partial charge in [0.1, 0.15) is 5.75 Å². The van der Waals surface area contributed by atoms with E-state index in [1.807, 2.05) is 24.6 Å². The van der Waals surface area contributed by atoms with Crippen LogP contribution in [0.5, 0.6) is 5.75 Å².